The van der Waals surface area contributed by atoms with Crippen molar-refractivity contribution in [3.05, 3.63) is 29.3 Å². The first kappa shape index (κ1) is 15.0. The minimum absolute atomic E-state index is 0. The summed E-state index contributed by atoms with van der Waals surface area (Å²) in [6, 6.07) is 5.90. The van der Waals surface area contributed by atoms with Gasteiger partial charge in [-0.2, -0.15) is 0 Å². The number of carbonyl (C=O) groups is 1. The second-order valence-electron chi connectivity index (χ2n) is 4.68. The molecule has 1 aliphatic rings. The summed E-state index contributed by atoms with van der Waals surface area (Å²) in [6.07, 6.45) is 2.38. The van der Waals surface area contributed by atoms with Crippen LogP contribution in [-0.4, -0.2) is 30.5 Å². The molecular weight excluding hydrogens is 250 g/mol. The fourth-order valence-corrected chi connectivity index (χ4v) is 2.23. The molecule has 1 saturated heterocycles. The first-order valence-corrected chi connectivity index (χ1v) is 6.16. The van der Waals surface area contributed by atoms with Gasteiger partial charge < -0.3 is 4.74 Å². The summed E-state index contributed by atoms with van der Waals surface area (Å²) < 4.78 is 5.46. The quantitative estimate of drug-likeness (QED) is 0.624. The van der Waals surface area contributed by atoms with Gasteiger partial charge in [0.2, 0.25) is 0 Å². The highest BCUT2D eigenvalue weighted by atomic mass is 35.5. The van der Waals surface area contributed by atoms with E-state index in [1.54, 1.807) is 0 Å². The number of aryl methyl sites for hydroxylation is 2. The van der Waals surface area contributed by atoms with Gasteiger partial charge in [-0.25, -0.2) is 0 Å². The van der Waals surface area contributed by atoms with Gasteiger partial charge in [-0.3, -0.25) is 9.69 Å². The van der Waals surface area contributed by atoms with E-state index in [4.69, 9.17) is 4.74 Å². The second kappa shape index (κ2) is 6.76. The van der Waals surface area contributed by atoms with Gasteiger partial charge in [0.1, 0.15) is 5.75 Å². The third kappa shape index (κ3) is 3.72. The fourth-order valence-electron chi connectivity index (χ4n) is 2.23. The number of carbonyl (C=O) groups excluding carboxylic acids is 1. The Morgan fingerprint density at radius 2 is 1.78 bits per heavy atom. The monoisotopic (exact) mass is 269 g/mol. The first-order valence-electron chi connectivity index (χ1n) is 6.16. The van der Waals surface area contributed by atoms with E-state index in [0.29, 0.717) is 6.54 Å². The molecule has 1 aliphatic heterocycles. The van der Waals surface area contributed by atoms with Gasteiger partial charge in [0, 0.05) is 0 Å². The molecule has 1 fully saturated rings. The van der Waals surface area contributed by atoms with Crippen molar-refractivity contribution in [2.24, 2.45) is 0 Å². The van der Waals surface area contributed by atoms with E-state index < -0.39 is 0 Å². The number of benzene rings is 1. The van der Waals surface area contributed by atoms with Crippen LogP contribution < -0.4 is 4.74 Å². The molecule has 1 aromatic rings. The number of hydrogen-bond acceptors (Lipinski definition) is 3. The molecule has 18 heavy (non-hydrogen) atoms. The van der Waals surface area contributed by atoms with Crippen LogP contribution in [0.15, 0.2) is 18.2 Å². The van der Waals surface area contributed by atoms with Crippen LogP contribution in [0.4, 0.5) is 0 Å². The number of halogens is 1. The van der Waals surface area contributed by atoms with Crippen molar-refractivity contribution in [3.63, 3.8) is 0 Å². The smallest absolute Gasteiger partial charge is 0.325 e. The maximum atomic E-state index is 11.8. The lowest BCUT2D eigenvalue weighted by atomic mass is 10.1. The van der Waals surface area contributed by atoms with E-state index in [1.807, 2.05) is 32.0 Å². The minimum atomic E-state index is -0.149. The highest BCUT2D eigenvalue weighted by Crippen LogP contribution is 2.22. The molecule has 0 saturated carbocycles. The lowest BCUT2D eigenvalue weighted by molar-refractivity contribution is -0.135. The summed E-state index contributed by atoms with van der Waals surface area (Å²) in [7, 11) is 0. The Hall–Kier alpha value is -1.06. The van der Waals surface area contributed by atoms with Crippen LogP contribution in [0.1, 0.15) is 24.0 Å². The third-order valence-corrected chi connectivity index (χ3v) is 3.18. The average Bonchev–Trinajstić information content (AvgIpc) is 2.76. The van der Waals surface area contributed by atoms with Crippen LogP contribution in [0.3, 0.4) is 0 Å². The molecule has 0 amide bonds. The molecule has 0 aromatic heterocycles. The standard InChI is InChI=1S/C14H19NO2.ClH/c1-11-6-5-7-12(2)14(11)17-13(16)10-15-8-3-4-9-15;/h5-7H,3-4,8-10H2,1-2H3;1H. The molecule has 0 N–H and O–H groups in total. The number of hydrogen-bond donors (Lipinski definition) is 0. The summed E-state index contributed by atoms with van der Waals surface area (Å²) in [6.45, 7) is 6.37. The Labute approximate surface area is 115 Å². The summed E-state index contributed by atoms with van der Waals surface area (Å²) >= 11 is 0. The Morgan fingerprint density at radius 3 is 2.33 bits per heavy atom. The van der Waals surface area contributed by atoms with Crippen LogP contribution >= 0.6 is 12.4 Å². The van der Waals surface area contributed by atoms with Crippen LogP contribution in [0.5, 0.6) is 5.75 Å². The largest absolute Gasteiger partial charge is 0.425 e. The van der Waals surface area contributed by atoms with E-state index in [1.165, 1.54) is 12.8 Å². The molecule has 0 bridgehead atoms. The van der Waals surface area contributed by atoms with Crippen LogP contribution in [0.25, 0.3) is 0 Å². The summed E-state index contributed by atoms with van der Waals surface area (Å²) in [5.41, 5.74) is 2.03. The van der Waals surface area contributed by atoms with Crippen molar-refractivity contribution in [2.75, 3.05) is 19.6 Å². The molecule has 1 heterocycles. The van der Waals surface area contributed by atoms with E-state index in [-0.39, 0.29) is 18.4 Å². The van der Waals surface area contributed by atoms with E-state index in [9.17, 15) is 4.79 Å². The predicted molar refractivity (Wildman–Crippen MR) is 74.5 cm³/mol. The van der Waals surface area contributed by atoms with Crippen molar-refractivity contribution in [1.82, 2.24) is 4.90 Å². The lowest BCUT2D eigenvalue weighted by Gasteiger charge is -2.15. The molecule has 4 heteroatoms. The van der Waals surface area contributed by atoms with Crippen molar-refractivity contribution >= 4 is 18.4 Å². The van der Waals surface area contributed by atoms with Crippen LogP contribution in [-0.2, 0) is 4.79 Å². The zero-order chi connectivity index (χ0) is 12.3. The highest BCUT2D eigenvalue weighted by Gasteiger charge is 2.17. The molecule has 1 aromatic carbocycles. The fraction of sp³-hybridized carbons (Fsp3) is 0.500. The predicted octanol–water partition coefficient (Wildman–Crippen LogP) is 2.73. The lowest BCUT2D eigenvalue weighted by Crippen LogP contribution is -2.30. The van der Waals surface area contributed by atoms with E-state index >= 15 is 0 Å². The maximum Gasteiger partial charge on any atom is 0.325 e. The Bertz CT molecular complexity index is 394. The zero-order valence-electron chi connectivity index (χ0n) is 10.9. The van der Waals surface area contributed by atoms with Gasteiger partial charge in [-0.05, 0) is 50.9 Å². The molecule has 2 rings (SSSR count). The van der Waals surface area contributed by atoms with Crippen molar-refractivity contribution in [1.29, 1.82) is 0 Å². The number of ether oxygens (including phenoxy) is 1. The number of esters is 1. The second-order valence-corrected chi connectivity index (χ2v) is 4.68. The van der Waals surface area contributed by atoms with Crippen molar-refractivity contribution in [3.8, 4) is 5.75 Å². The molecule has 100 valence electrons. The van der Waals surface area contributed by atoms with E-state index in [2.05, 4.69) is 4.90 Å². The Balaban J connectivity index is 0.00000162. The number of likely N-dealkylation sites (tertiary alicyclic amines) is 1. The van der Waals surface area contributed by atoms with Gasteiger partial charge >= 0.3 is 5.97 Å². The van der Waals surface area contributed by atoms with Gasteiger partial charge in [-0.1, -0.05) is 18.2 Å². The van der Waals surface area contributed by atoms with Crippen molar-refractivity contribution < 1.29 is 9.53 Å². The summed E-state index contributed by atoms with van der Waals surface area (Å²) in [5, 5.41) is 0. The normalized spacial score (nSPS) is 15.2. The van der Waals surface area contributed by atoms with Crippen molar-refractivity contribution in [2.45, 2.75) is 26.7 Å². The summed E-state index contributed by atoms with van der Waals surface area (Å²) in [4.78, 5) is 14.0. The SMILES string of the molecule is Cc1cccc(C)c1OC(=O)CN1CCCC1.Cl. The van der Waals surface area contributed by atoms with E-state index in [0.717, 1.165) is 30.0 Å². The van der Waals surface area contributed by atoms with Gasteiger partial charge in [-0.15, -0.1) is 12.4 Å². The zero-order valence-corrected chi connectivity index (χ0v) is 11.8. The number of rotatable bonds is 3. The number of nitrogens with zero attached hydrogens (tertiary/aromatic N) is 1. The van der Waals surface area contributed by atoms with Crippen LogP contribution in [0.2, 0.25) is 0 Å². The molecule has 0 aliphatic carbocycles. The Morgan fingerprint density at radius 1 is 1.22 bits per heavy atom. The number of para-hydroxylation sites is 1. The molecule has 0 atom stereocenters. The first-order chi connectivity index (χ1) is 8.16. The Kier molecular flexibility index (Phi) is 5.63. The average molecular weight is 270 g/mol. The maximum absolute atomic E-state index is 11.8. The minimum Gasteiger partial charge on any atom is -0.425 e. The summed E-state index contributed by atoms with van der Waals surface area (Å²) in [5.74, 6) is 0.570. The van der Waals surface area contributed by atoms with Gasteiger partial charge in [0.05, 0.1) is 6.54 Å². The highest BCUT2D eigenvalue weighted by molar-refractivity contribution is 5.85. The van der Waals surface area contributed by atoms with Gasteiger partial charge in [0.25, 0.3) is 0 Å². The topological polar surface area (TPSA) is 29.5 Å². The van der Waals surface area contributed by atoms with Gasteiger partial charge in [0.15, 0.2) is 0 Å². The molecule has 3 nitrogen and oxygen atoms in total. The molecule has 0 spiro atoms. The molecular formula is C14H20ClNO2. The van der Waals surface area contributed by atoms with Crippen LogP contribution in [0, 0.1) is 13.8 Å². The molecule has 0 unspecified atom stereocenters. The molecule has 0 radical (unpaired) electrons. The third-order valence-electron chi connectivity index (χ3n) is 3.18.